The molecule has 174 valence electrons. The van der Waals surface area contributed by atoms with Gasteiger partial charge in [-0.15, -0.1) is 0 Å². The van der Waals surface area contributed by atoms with Crippen molar-refractivity contribution >= 4 is 21.9 Å². The van der Waals surface area contributed by atoms with Crippen LogP contribution >= 0.6 is 0 Å². The highest BCUT2D eigenvalue weighted by molar-refractivity contribution is 6.04. The number of nitrogens with zero attached hydrogens (tertiary/aromatic N) is 6. The standard InChI is InChI=1S/C25H26N6O3/c1-5-34-23-9-7-18(13-27-23)17-6-8-20-19(12-17)24-21(14-26-20)29(3)25(32)31(24)22-15-30(10-11-33-4)28-16(22)2/h6-9,12-15H,5,10-11H2,1-4H3. The third-order valence-electron chi connectivity index (χ3n) is 5.93. The third kappa shape index (κ3) is 3.63. The van der Waals surface area contributed by atoms with E-state index in [-0.39, 0.29) is 5.69 Å². The van der Waals surface area contributed by atoms with Crippen LogP contribution in [0.1, 0.15) is 12.6 Å². The van der Waals surface area contributed by atoms with Crippen LogP contribution in [0.5, 0.6) is 5.88 Å². The van der Waals surface area contributed by atoms with Crippen LogP contribution in [0.25, 0.3) is 38.8 Å². The van der Waals surface area contributed by atoms with Gasteiger partial charge in [0, 0.05) is 43.6 Å². The van der Waals surface area contributed by atoms with E-state index in [1.165, 1.54) is 0 Å². The summed E-state index contributed by atoms with van der Waals surface area (Å²) in [5, 5.41) is 5.46. The summed E-state index contributed by atoms with van der Waals surface area (Å²) in [5.41, 5.74) is 5.65. The predicted octanol–water partition coefficient (Wildman–Crippen LogP) is 3.49. The summed E-state index contributed by atoms with van der Waals surface area (Å²) in [5.74, 6) is 0.592. The molecule has 4 heterocycles. The van der Waals surface area contributed by atoms with E-state index < -0.39 is 0 Å². The average molecular weight is 459 g/mol. The van der Waals surface area contributed by atoms with Gasteiger partial charge in [-0.2, -0.15) is 5.10 Å². The second-order valence-electron chi connectivity index (χ2n) is 8.07. The molecule has 5 rings (SSSR count). The largest absolute Gasteiger partial charge is 0.478 e. The summed E-state index contributed by atoms with van der Waals surface area (Å²) in [4.78, 5) is 22.4. The SMILES string of the molecule is CCOc1ccc(-c2ccc3ncc4c(c3c2)n(-c2cn(CCOC)nc2C)c(=O)n4C)cn1. The Morgan fingerprint density at radius 3 is 2.62 bits per heavy atom. The quantitative estimate of drug-likeness (QED) is 0.371. The number of rotatable bonds is 7. The van der Waals surface area contributed by atoms with Gasteiger partial charge >= 0.3 is 5.69 Å². The second-order valence-corrected chi connectivity index (χ2v) is 8.07. The number of pyridine rings is 2. The predicted molar refractivity (Wildman–Crippen MR) is 131 cm³/mol. The molecule has 0 fully saturated rings. The van der Waals surface area contributed by atoms with Crippen molar-refractivity contribution in [2.75, 3.05) is 20.3 Å². The molecule has 0 amide bonds. The van der Waals surface area contributed by atoms with Gasteiger partial charge in [0.1, 0.15) is 0 Å². The van der Waals surface area contributed by atoms with Crippen molar-refractivity contribution in [3.8, 4) is 22.7 Å². The van der Waals surface area contributed by atoms with Gasteiger partial charge in [-0.1, -0.05) is 6.07 Å². The van der Waals surface area contributed by atoms with E-state index in [0.717, 1.165) is 44.4 Å². The van der Waals surface area contributed by atoms with Gasteiger partial charge in [-0.05, 0) is 37.6 Å². The number of imidazole rings is 1. The summed E-state index contributed by atoms with van der Waals surface area (Å²) >= 11 is 0. The normalized spacial score (nSPS) is 11.5. The molecule has 0 aliphatic carbocycles. The minimum absolute atomic E-state index is 0.146. The van der Waals surface area contributed by atoms with Gasteiger partial charge < -0.3 is 9.47 Å². The maximum absolute atomic E-state index is 13.4. The summed E-state index contributed by atoms with van der Waals surface area (Å²) < 4.78 is 15.8. The minimum atomic E-state index is -0.146. The first-order valence-electron chi connectivity index (χ1n) is 11.1. The zero-order chi connectivity index (χ0) is 23.8. The van der Waals surface area contributed by atoms with E-state index in [2.05, 4.69) is 21.1 Å². The van der Waals surface area contributed by atoms with Crippen LogP contribution in [0.3, 0.4) is 0 Å². The monoisotopic (exact) mass is 458 g/mol. The molecule has 0 saturated carbocycles. The fraction of sp³-hybridized carbons (Fsp3) is 0.280. The molecule has 5 aromatic rings. The van der Waals surface area contributed by atoms with E-state index in [9.17, 15) is 4.79 Å². The lowest BCUT2D eigenvalue weighted by atomic mass is 10.0. The molecule has 9 nitrogen and oxygen atoms in total. The highest BCUT2D eigenvalue weighted by Gasteiger charge is 2.19. The molecule has 0 bridgehead atoms. The van der Waals surface area contributed by atoms with Crippen LogP contribution < -0.4 is 10.4 Å². The van der Waals surface area contributed by atoms with Gasteiger partial charge in [-0.3, -0.25) is 18.8 Å². The number of fused-ring (bicyclic) bond motifs is 3. The Labute approximate surface area is 196 Å². The number of benzene rings is 1. The second kappa shape index (κ2) is 8.75. The van der Waals surface area contributed by atoms with Crippen molar-refractivity contribution in [1.29, 1.82) is 0 Å². The summed E-state index contributed by atoms with van der Waals surface area (Å²) in [6, 6.07) is 9.88. The molecule has 0 spiro atoms. The van der Waals surface area contributed by atoms with Crippen molar-refractivity contribution in [3.05, 3.63) is 65.1 Å². The molecule has 0 atom stereocenters. The Morgan fingerprint density at radius 1 is 1.06 bits per heavy atom. The zero-order valence-corrected chi connectivity index (χ0v) is 19.6. The van der Waals surface area contributed by atoms with E-state index in [0.29, 0.717) is 25.6 Å². The lowest BCUT2D eigenvalue weighted by Crippen LogP contribution is -2.21. The van der Waals surface area contributed by atoms with E-state index in [1.807, 2.05) is 44.3 Å². The fourth-order valence-corrected chi connectivity index (χ4v) is 4.21. The van der Waals surface area contributed by atoms with Crippen LogP contribution in [-0.4, -0.2) is 49.2 Å². The Balaban J connectivity index is 1.72. The number of ether oxygens (including phenoxy) is 2. The molecule has 1 aromatic carbocycles. The van der Waals surface area contributed by atoms with Gasteiger partial charge in [0.15, 0.2) is 0 Å². The van der Waals surface area contributed by atoms with Crippen LogP contribution in [0.4, 0.5) is 0 Å². The topological polar surface area (TPSA) is 89.0 Å². The first kappa shape index (κ1) is 21.8. The summed E-state index contributed by atoms with van der Waals surface area (Å²) in [6.45, 7) is 5.55. The Hall–Kier alpha value is -3.98. The van der Waals surface area contributed by atoms with Gasteiger partial charge in [0.2, 0.25) is 5.88 Å². The van der Waals surface area contributed by atoms with Crippen molar-refractivity contribution in [2.45, 2.75) is 20.4 Å². The van der Waals surface area contributed by atoms with Crippen LogP contribution in [0.15, 0.2) is 53.7 Å². The first-order chi connectivity index (χ1) is 16.5. The maximum atomic E-state index is 13.4. The molecule has 0 unspecified atom stereocenters. The lowest BCUT2D eigenvalue weighted by Gasteiger charge is -2.08. The molecule has 0 N–H and O–H groups in total. The highest BCUT2D eigenvalue weighted by atomic mass is 16.5. The molecule has 4 aromatic heterocycles. The van der Waals surface area contributed by atoms with Gasteiger partial charge in [-0.25, -0.2) is 9.78 Å². The Kier molecular flexibility index (Phi) is 5.62. The summed E-state index contributed by atoms with van der Waals surface area (Å²) in [7, 11) is 3.42. The molecule has 0 radical (unpaired) electrons. The Morgan fingerprint density at radius 2 is 1.88 bits per heavy atom. The number of aromatic nitrogens is 6. The number of hydrogen-bond acceptors (Lipinski definition) is 6. The van der Waals surface area contributed by atoms with Crippen molar-refractivity contribution in [3.63, 3.8) is 0 Å². The van der Waals surface area contributed by atoms with Crippen LogP contribution in [0.2, 0.25) is 0 Å². The van der Waals surface area contributed by atoms with Gasteiger partial charge in [0.25, 0.3) is 0 Å². The molecule has 34 heavy (non-hydrogen) atoms. The average Bonchev–Trinajstić information content (AvgIpc) is 3.34. The van der Waals surface area contributed by atoms with Crippen molar-refractivity contribution in [1.82, 2.24) is 28.9 Å². The molecule has 0 aliphatic heterocycles. The van der Waals surface area contributed by atoms with E-state index in [4.69, 9.17) is 9.47 Å². The number of methoxy groups -OCH3 is 1. The number of aryl methyl sites for hydroxylation is 2. The lowest BCUT2D eigenvalue weighted by molar-refractivity contribution is 0.183. The minimum Gasteiger partial charge on any atom is -0.478 e. The smallest absolute Gasteiger partial charge is 0.333 e. The molecule has 9 heteroatoms. The highest BCUT2D eigenvalue weighted by Crippen LogP contribution is 2.30. The van der Waals surface area contributed by atoms with Gasteiger partial charge in [0.05, 0.1) is 53.9 Å². The third-order valence-corrected chi connectivity index (χ3v) is 5.93. The molecular weight excluding hydrogens is 432 g/mol. The fourth-order valence-electron chi connectivity index (χ4n) is 4.21. The molecule has 0 saturated heterocycles. The van der Waals surface area contributed by atoms with Crippen LogP contribution in [-0.2, 0) is 18.3 Å². The summed E-state index contributed by atoms with van der Waals surface area (Å²) in [6.07, 6.45) is 5.43. The Bertz CT molecular complexity index is 1550. The van der Waals surface area contributed by atoms with Crippen molar-refractivity contribution < 1.29 is 9.47 Å². The van der Waals surface area contributed by atoms with E-state index in [1.54, 1.807) is 40.4 Å². The molecular formula is C25H26N6O3. The zero-order valence-electron chi connectivity index (χ0n) is 19.6. The van der Waals surface area contributed by atoms with Crippen molar-refractivity contribution in [2.24, 2.45) is 7.05 Å². The molecule has 0 aliphatic rings. The van der Waals surface area contributed by atoms with E-state index >= 15 is 0 Å². The maximum Gasteiger partial charge on any atom is 0.333 e. The first-order valence-corrected chi connectivity index (χ1v) is 11.1. The van der Waals surface area contributed by atoms with Crippen LogP contribution in [0, 0.1) is 6.92 Å². The number of hydrogen-bond donors (Lipinski definition) is 0.